The second-order valence-corrected chi connectivity index (χ2v) is 6.58. The van der Waals surface area contributed by atoms with E-state index in [1.807, 2.05) is 13.8 Å². The lowest BCUT2D eigenvalue weighted by Gasteiger charge is -2.31. The Balaban J connectivity index is 0.00000192. The number of nitrogens with zero attached hydrogens (tertiary/aromatic N) is 3. The molecule has 3 rings (SSSR count). The van der Waals surface area contributed by atoms with Gasteiger partial charge in [-0.25, -0.2) is 4.98 Å². The summed E-state index contributed by atoms with van der Waals surface area (Å²) in [6.45, 7) is 11.1. The molecule has 0 saturated carbocycles. The highest BCUT2D eigenvalue weighted by molar-refractivity contribution is 14.0. The van der Waals surface area contributed by atoms with E-state index >= 15 is 0 Å². The van der Waals surface area contributed by atoms with E-state index in [9.17, 15) is 0 Å². The molecule has 1 aromatic heterocycles. The fourth-order valence-corrected chi connectivity index (χ4v) is 3.05. The lowest BCUT2D eigenvalue weighted by Crippen LogP contribution is -2.42. The number of guanidine groups is 1. The number of hydrogen-bond donors (Lipinski definition) is 2. The number of aromatic nitrogens is 1. The van der Waals surface area contributed by atoms with Crippen molar-refractivity contribution in [3.05, 3.63) is 17.3 Å². The molecule has 0 aromatic carbocycles. The van der Waals surface area contributed by atoms with Gasteiger partial charge in [0.2, 0.25) is 5.89 Å². The van der Waals surface area contributed by atoms with Crippen LogP contribution in [0.15, 0.2) is 9.41 Å². The van der Waals surface area contributed by atoms with E-state index in [1.54, 1.807) is 0 Å². The highest BCUT2D eigenvalue weighted by Crippen LogP contribution is 2.19. The summed E-state index contributed by atoms with van der Waals surface area (Å²) < 4.78 is 5.68. The number of aliphatic imine (C=N–C) groups is 1. The van der Waals surface area contributed by atoms with Gasteiger partial charge in [-0.3, -0.25) is 9.89 Å². The van der Waals surface area contributed by atoms with Gasteiger partial charge in [-0.2, -0.15) is 0 Å². The molecular weight excluding hydrogens is 405 g/mol. The lowest BCUT2D eigenvalue weighted by molar-refractivity contribution is 0.164. The lowest BCUT2D eigenvalue weighted by atomic mass is 9.97. The average Bonchev–Trinajstić information content (AvgIpc) is 3.04. The van der Waals surface area contributed by atoms with Gasteiger partial charge >= 0.3 is 0 Å². The molecule has 130 valence electrons. The van der Waals surface area contributed by atoms with Crippen molar-refractivity contribution in [2.75, 3.05) is 26.2 Å². The van der Waals surface area contributed by atoms with E-state index in [0.29, 0.717) is 6.04 Å². The van der Waals surface area contributed by atoms with Crippen LogP contribution in [-0.4, -0.2) is 48.1 Å². The zero-order chi connectivity index (χ0) is 15.5. The Morgan fingerprint density at radius 3 is 2.61 bits per heavy atom. The molecule has 1 atom stereocenters. The molecule has 1 unspecified atom stereocenters. The van der Waals surface area contributed by atoms with Crippen LogP contribution in [0, 0.1) is 19.8 Å². The molecule has 0 spiro atoms. The van der Waals surface area contributed by atoms with Crippen LogP contribution in [0.3, 0.4) is 0 Å². The summed E-state index contributed by atoms with van der Waals surface area (Å²) >= 11 is 0. The molecule has 0 amide bonds. The van der Waals surface area contributed by atoms with E-state index in [1.165, 1.54) is 12.8 Å². The van der Waals surface area contributed by atoms with Gasteiger partial charge in [0.05, 0.1) is 18.8 Å². The van der Waals surface area contributed by atoms with Crippen LogP contribution in [0.25, 0.3) is 0 Å². The van der Waals surface area contributed by atoms with Crippen molar-refractivity contribution in [3.63, 3.8) is 0 Å². The number of aryl methyl sites for hydroxylation is 2. The van der Waals surface area contributed by atoms with E-state index in [0.717, 1.165) is 61.9 Å². The first-order valence-corrected chi connectivity index (χ1v) is 8.30. The highest BCUT2D eigenvalue weighted by atomic mass is 127. The number of rotatable bonds is 4. The Morgan fingerprint density at radius 2 is 2.04 bits per heavy atom. The van der Waals surface area contributed by atoms with Crippen LogP contribution in [0.2, 0.25) is 0 Å². The predicted octanol–water partition coefficient (Wildman–Crippen LogP) is 2.06. The summed E-state index contributed by atoms with van der Waals surface area (Å²) in [4.78, 5) is 11.4. The zero-order valence-electron chi connectivity index (χ0n) is 14.3. The van der Waals surface area contributed by atoms with Crippen LogP contribution in [0.1, 0.15) is 37.1 Å². The Morgan fingerprint density at radius 1 is 1.30 bits per heavy atom. The fraction of sp³-hybridized carbons (Fsp3) is 0.750. The van der Waals surface area contributed by atoms with Crippen molar-refractivity contribution in [1.29, 1.82) is 0 Å². The van der Waals surface area contributed by atoms with Gasteiger partial charge in [0.25, 0.3) is 0 Å². The molecule has 2 N–H and O–H groups in total. The largest absolute Gasteiger partial charge is 0.444 e. The van der Waals surface area contributed by atoms with Gasteiger partial charge < -0.3 is 15.1 Å². The third-order valence-corrected chi connectivity index (χ3v) is 4.60. The minimum Gasteiger partial charge on any atom is -0.444 e. The normalized spacial score (nSPS) is 22.4. The Bertz CT molecular complexity index is 517. The van der Waals surface area contributed by atoms with Gasteiger partial charge in [0.15, 0.2) is 5.96 Å². The maximum Gasteiger partial charge on any atom is 0.208 e. The molecule has 1 saturated heterocycles. The Labute approximate surface area is 155 Å². The van der Waals surface area contributed by atoms with Crippen LogP contribution in [-0.2, 0) is 6.54 Å². The molecule has 3 heterocycles. The van der Waals surface area contributed by atoms with Gasteiger partial charge in [-0.1, -0.05) is 0 Å². The minimum absolute atomic E-state index is 0. The molecule has 2 aliphatic heterocycles. The second kappa shape index (κ2) is 8.32. The number of piperidine rings is 1. The van der Waals surface area contributed by atoms with Gasteiger partial charge in [0, 0.05) is 12.6 Å². The van der Waals surface area contributed by atoms with Gasteiger partial charge in [-0.15, -0.1) is 24.0 Å². The molecule has 1 fully saturated rings. The van der Waals surface area contributed by atoms with Crippen molar-refractivity contribution in [3.8, 4) is 0 Å². The molecule has 6 nitrogen and oxygen atoms in total. The van der Waals surface area contributed by atoms with Crippen molar-refractivity contribution in [2.24, 2.45) is 10.9 Å². The average molecular weight is 433 g/mol. The number of halogens is 1. The third kappa shape index (κ3) is 5.07. The topological polar surface area (TPSA) is 65.7 Å². The number of nitrogens with one attached hydrogen (secondary N) is 2. The zero-order valence-corrected chi connectivity index (χ0v) is 16.6. The van der Waals surface area contributed by atoms with E-state index in [4.69, 9.17) is 4.42 Å². The van der Waals surface area contributed by atoms with Crippen LogP contribution >= 0.6 is 24.0 Å². The van der Waals surface area contributed by atoms with Crippen LogP contribution < -0.4 is 10.6 Å². The van der Waals surface area contributed by atoms with Gasteiger partial charge in [0.1, 0.15) is 5.76 Å². The predicted molar refractivity (Wildman–Crippen MR) is 102 cm³/mol. The van der Waals surface area contributed by atoms with Gasteiger partial charge in [-0.05, 0) is 52.6 Å². The van der Waals surface area contributed by atoms with Crippen molar-refractivity contribution < 1.29 is 4.42 Å². The molecular formula is C16H28IN5O. The van der Waals surface area contributed by atoms with Crippen molar-refractivity contribution in [1.82, 2.24) is 20.5 Å². The summed E-state index contributed by atoms with van der Waals surface area (Å²) in [6, 6.07) is 0.469. The van der Waals surface area contributed by atoms with E-state index in [2.05, 4.69) is 32.4 Å². The van der Waals surface area contributed by atoms with E-state index in [-0.39, 0.29) is 24.0 Å². The SMILES string of the molecule is Cc1nc(CN2CCC(CNC3=NCC(C)N3)CC2)oc1C.I. The summed E-state index contributed by atoms with van der Waals surface area (Å²) in [6.07, 6.45) is 2.43. The van der Waals surface area contributed by atoms with Crippen LogP contribution in [0.4, 0.5) is 0 Å². The van der Waals surface area contributed by atoms with Crippen molar-refractivity contribution >= 4 is 29.9 Å². The first kappa shape index (κ1) is 18.5. The number of hydrogen-bond acceptors (Lipinski definition) is 6. The quantitative estimate of drug-likeness (QED) is 0.712. The summed E-state index contributed by atoms with van der Waals surface area (Å²) in [7, 11) is 0. The summed E-state index contributed by atoms with van der Waals surface area (Å²) in [5.74, 6) is 3.49. The highest BCUT2D eigenvalue weighted by Gasteiger charge is 2.21. The number of likely N-dealkylation sites (tertiary alicyclic amines) is 1. The maximum absolute atomic E-state index is 5.68. The maximum atomic E-state index is 5.68. The van der Waals surface area contributed by atoms with Crippen LogP contribution in [0.5, 0.6) is 0 Å². The summed E-state index contributed by atoms with van der Waals surface area (Å²) in [5, 5.41) is 6.80. The standard InChI is InChI=1S/C16H27N5O.HI/c1-11-8-17-16(19-11)18-9-14-4-6-21(7-5-14)10-15-20-12(2)13(3)22-15;/h11,14H,4-10H2,1-3H3,(H2,17,18,19);1H. The monoisotopic (exact) mass is 433 g/mol. The third-order valence-electron chi connectivity index (χ3n) is 4.60. The second-order valence-electron chi connectivity index (χ2n) is 6.58. The minimum atomic E-state index is 0. The number of oxazole rings is 1. The Kier molecular flexibility index (Phi) is 6.70. The Hall–Kier alpha value is -0.830. The molecule has 0 bridgehead atoms. The molecule has 2 aliphatic rings. The first-order chi connectivity index (χ1) is 10.6. The first-order valence-electron chi connectivity index (χ1n) is 8.30. The molecule has 1 aromatic rings. The molecule has 23 heavy (non-hydrogen) atoms. The molecule has 0 radical (unpaired) electrons. The molecule has 0 aliphatic carbocycles. The van der Waals surface area contributed by atoms with E-state index < -0.39 is 0 Å². The fourth-order valence-electron chi connectivity index (χ4n) is 3.05. The smallest absolute Gasteiger partial charge is 0.208 e. The van der Waals surface area contributed by atoms with Crippen molar-refractivity contribution in [2.45, 2.75) is 46.2 Å². The molecule has 7 heteroatoms. The summed E-state index contributed by atoms with van der Waals surface area (Å²) in [5.41, 5.74) is 1.01.